The SMILES string of the molecule is CCCCNC(=O)C(Cc1ccccc1)N(Cc1cccc(Cl)c1)C(=O)CCc1ccc(C)cc1. The first-order chi connectivity index (χ1) is 17.0. The zero-order chi connectivity index (χ0) is 25.0. The van der Waals surface area contributed by atoms with Gasteiger partial charge in [0.2, 0.25) is 11.8 Å². The zero-order valence-corrected chi connectivity index (χ0v) is 21.4. The van der Waals surface area contributed by atoms with E-state index in [1.165, 1.54) is 5.56 Å². The van der Waals surface area contributed by atoms with Crippen LogP contribution in [-0.2, 0) is 29.0 Å². The van der Waals surface area contributed by atoms with Gasteiger partial charge in [-0.05, 0) is 48.6 Å². The molecule has 0 aliphatic carbocycles. The third kappa shape index (κ3) is 8.56. The molecule has 0 fully saturated rings. The van der Waals surface area contributed by atoms with Crippen molar-refractivity contribution in [2.24, 2.45) is 0 Å². The van der Waals surface area contributed by atoms with Gasteiger partial charge in [-0.25, -0.2) is 0 Å². The lowest BCUT2D eigenvalue weighted by atomic mass is 10.0. The van der Waals surface area contributed by atoms with Gasteiger partial charge in [0.05, 0.1) is 0 Å². The maximum absolute atomic E-state index is 13.7. The molecule has 2 amide bonds. The second kappa shape index (κ2) is 13.7. The summed E-state index contributed by atoms with van der Waals surface area (Å²) in [5.74, 6) is -0.162. The summed E-state index contributed by atoms with van der Waals surface area (Å²) < 4.78 is 0. The van der Waals surface area contributed by atoms with Gasteiger partial charge in [0.25, 0.3) is 0 Å². The van der Waals surface area contributed by atoms with Crippen molar-refractivity contribution in [3.05, 3.63) is 106 Å². The molecule has 1 unspecified atom stereocenters. The van der Waals surface area contributed by atoms with E-state index in [1.54, 1.807) is 4.90 Å². The van der Waals surface area contributed by atoms with Crippen molar-refractivity contribution in [1.29, 1.82) is 0 Å². The number of nitrogens with one attached hydrogen (secondary N) is 1. The third-order valence-corrected chi connectivity index (χ3v) is 6.33. The molecule has 0 saturated heterocycles. The second-order valence-corrected chi connectivity index (χ2v) is 9.42. The molecule has 0 saturated carbocycles. The van der Waals surface area contributed by atoms with Gasteiger partial charge in [-0.3, -0.25) is 9.59 Å². The molecule has 4 nitrogen and oxygen atoms in total. The van der Waals surface area contributed by atoms with E-state index >= 15 is 0 Å². The van der Waals surface area contributed by atoms with E-state index < -0.39 is 6.04 Å². The van der Waals surface area contributed by atoms with Crippen LogP contribution >= 0.6 is 11.6 Å². The Balaban J connectivity index is 1.87. The van der Waals surface area contributed by atoms with Crippen molar-refractivity contribution in [1.82, 2.24) is 10.2 Å². The monoisotopic (exact) mass is 490 g/mol. The first-order valence-electron chi connectivity index (χ1n) is 12.4. The highest BCUT2D eigenvalue weighted by atomic mass is 35.5. The Labute approximate surface area is 214 Å². The lowest BCUT2D eigenvalue weighted by Crippen LogP contribution is -2.50. The summed E-state index contributed by atoms with van der Waals surface area (Å²) in [7, 11) is 0. The number of amides is 2. The van der Waals surface area contributed by atoms with Crippen molar-refractivity contribution < 1.29 is 9.59 Å². The molecule has 184 valence electrons. The smallest absolute Gasteiger partial charge is 0.243 e. The summed E-state index contributed by atoms with van der Waals surface area (Å²) in [6, 6.07) is 25.0. The highest BCUT2D eigenvalue weighted by Gasteiger charge is 2.30. The summed E-state index contributed by atoms with van der Waals surface area (Å²) in [6.07, 6.45) is 3.30. The zero-order valence-electron chi connectivity index (χ0n) is 20.7. The molecule has 1 atom stereocenters. The molecule has 0 spiro atoms. The van der Waals surface area contributed by atoms with E-state index in [2.05, 4.69) is 36.5 Å². The molecule has 3 rings (SSSR count). The van der Waals surface area contributed by atoms with Crippen LogP contribution in [0.5, 0.6) is 0 Å². The first-order valence-corrected chi connectivity index (χ1v) is 12.7. The van der Waals surface area contributed by atoms with Gasteiger partial charge in [-0.2, -0.15) is 0 Å². The van der Waals surface area contributed by atoms with Gasteiger partial charge in [0, 0.05) is 31.0 Å². The minimum absolute atomic E-state index is 0.0443. The van der Waals surface area contributed by atoms with Crippen LogP contribution in [0.4, 0.5) is 0 Å². The number of nitrogens with zero attached hydrogens (tertiary/aromatic N) is 1. The van der Waals surface area contributed by atoms with Crippen LogP contribution in [0.25, 0.3) is 0 Å². The van der Waals surface area contributed by atoms with Crippen molar-refractivity contribution in [3.63, 3.8) is 0 Å². The average Bonchev–Trinajstić information content (AvgIpc) is 2.86. The van der Waals surface area contributed by atoms with Gasteiger partial charge in [-0.1, -0.05) is 97.2 Å². The van der Waals surface area contributed by atoms with Crippen molar-refractivity contribution >= 4 is 23.4 Å². The van der Waals surface area contributed by atoms with E-state index in [4.69, 9.17) is 11.6 Å². The fourth-order valence-corrected chi connectivity index (χ4v) is 4.25. The molecule has 0 aliphatic rings. The van der Waals surface area contributed by atoms with Gasteiger partial charge in [-0.15, -0.1) is 0 Å². The van der Waals surface area contributed by atoms with Gasteiger partial charge in [0.15, 0.2) is 0 Å². The van der Waals surface area contributed by atoms with Crippen LogP contribution < -0.4 is 5.32 Å². The minimum Gasteiger partial charge on any atom is -0.354 e. The standard InChI is InChI=1S/C30H35ClN2O2/c1-3-4-19-32-30(35)28(21-25-9-6-5-7-10-25)33(22-26-11-8-12-27(31)20-26)29(34)18-17-24-15-13-23(2)14-16-24/h5-16,20,28H,3-4,17-19,21-22H2,1-2H3,(H,32,35). The molecule has 3 aromatic carbocycles. The number of halogens is 1. The Morgan fingerprint density at radius 2 is 1.63 bits per heavy atom. The Bertz CT molecular complexity index is 1080. The average molecular weight is 491 g/mol. The Morgan fingerprint density at radius 1 is 0.914 bits per heavy atom. The molecule has 5 heteroatoms. The molecule has 0 heterocycles. The van der Waals surface area contributed by atoms with E-state index in [0.29, 0.717) is 37.4 Å². The Hall–Kier alpha value is -3.11. The number of carbonyl (C=O) groups excluding carboxylic acids is 2. The molecule has 0 bridgehead atoms. The molecular formula is C30H35ClN2O2. The quantitative estimate of drug-likeness (QED) is 0.310. The van der Waals surface area contributed by atoms with Gasteiger partial charge in [0.1, 0.15) is 6.04 Å². The number of hydrogen-bond acceptors (Lipinski definition) is 2. The number of aryl methyl sites for hydroxylation is 2. The Kier molecular flexibility index (Phi) is 10.4. The summed E-state index contributed by atoms with van der Waals surface area (Å²) in [5, 5.41) is 3.67. The molecule has 1 N–H and O–H groups in total. The maximum Gasteiger partial charge on any atom is 0.243 e. The minimum atomic E-state index is -0.612. The van der Waals surface area contributed by atoms with Crippen molar-refractivity contribution in [2.75, 3.05) is 6.54 Å². The van der Waals surface area contributed by atoms with Crippen LogP contribution in [0.2, 0.25) is 5.02 Å². The fourth-order valence-electron chi connectivity index (χ4n) is 4.04. The predicted octanol–water partition coefficient (Wildman–Crippen LogP) is 6.14. The summed E-state index contributed by atoms with van der Waals surface area (Å²) >= 11 is 6.24. The highest BCUT2D eigenvalue weighted by molar-refractivity contribution is 6.30. The number of rotatable bonds is 12. The second-order valence-electron chi connectivity index (χ2n) is 8.99. The van der Waals surface area contributed by atoms with Crippen LogP contribution in [0.3, 0.4) is 0 Å². The maximum atomic E-state index is 13.7. The van der Waals surface area contributed by atoms with Crippen LogP contribution in [0.15, 0.2) is 78.9 Å². The lowest BCUT2D eigenvalue weighted by Gasteiger charge is -2.32. The summed E-state index contributed by atoms with van der Waals surface area (Å²) in [5.41, 5.74) is 4.22. The first kappa shape index (κ1) is 26.5. The van der Waals surface area contributed by atoms with E-state index in [9.17, 15) is 9.59 Å². The largest absolute Gasteiger partial charge is 0.354 e. The van der Waals surface area contributed by atoms with Crippen LogP contribution in [0.1, 0.15) is 48.4 Å². The van der Waals surface area contributed by atoms with Gasteiger partial charge < -0.3 is 10.2 Å². The molecule has 0 aliphatic heterocycles. The van der Waals surface area contributed by atoms with E-state index in [1.807, 2.05) is 61.5 Å². The number of unbranched alkanes of at least 4 members (excludes halogenated alkanes) is 1. The van der Waals surface area contributed by atoms with Crippen molar-refractivity contribution in [3.8, 4) is 0 Å². The predicted molar refractivity (Wildman–Crippen MR) is 143 cm³/mol. The molecule has 0 radical (unpaired) electrons. The lowest BCUT2D eigenvalue weighted by molar-refractivity contribution is -0.141. The van der Waals surface area contributed by atoms with Crippen LogP contribution in [0, 0.1) is 6.92 Å². The third-order valence-electron chi connectivity index (χ3n) is 6.09. The molecular weight excluding hydrogens is 456 g/mol. The van der Waals surface area contributed by atoms with Gasteiger partial charge >= 0.3 is 0 Å². The normalized spacial score (nSPS) is 11.6. The number of hydrogen-bond donors (Lipinski definition) is 1. The van der Waals surface area contributed by atoms with Crippen LogP contribution in [-0.4, -0.2) is 29.3 Å². The topological polar surface area (TPSA) is 49.4 Å². The number of benzene rings is 3. The Morgan fingerprint density at radius 3 is 2.31 bits per heavy atom. The van der Waals surface area contributed by atoms with E-state index in [0.717, 1.165) is 29.5 Å². The van der Waals surface area contributed by atoms with E-state index in [-0.39, 0.29) is 11.8 Å². The molecule has 0 aromatic heterocycles. The fraction of sp³-hybridized carbons (Fsp3) is 0.333. The highest BCUT2D eigenvalue weighted by Crippen LogP contribution is 2.19. The number of carbonyl (C=O) groups is 2. The summed E-state index contributed by atoms with van der Waals surface area (Å²) in [4.78, 5) is 28.8. The molecule has 35 heavy (non-hydrogen) atoms. The summed E-state index contributed by atoms with van der Waals surface area (Å²) in [6.45, 7) is 5.07. The van der Waals surface area contributed by atoms with Crippen molar-refractivity contribution in [2.45, 2.75) is 58.5 Å². The molecule has 3 aromatic rings.